The average molecular weight is 664 g/mol. The van der Waals surface area contributed by atoms with Gasteiger partial charge in [-0.3, -0.25) is 9.59 Å². The minimum atomic E-state index is -4.69. The third-order valence-corrected chi connectivity index (χ3v) is 7.41. The average Bonchev–Trinajstić information content (AvgIpc) is 2.97. The van der Waals surface area contributed by atoms with Crippen LogP contribution < -0.4 is 5.32 Å². The van der Waals surface area contributed by atoms with Crippen molar-refractivity contribution in [1.82, 2.24) is 0 Å². The van der Waals surface area contributed by atoms with E-state index in [0.717, 1.165) is 6.92 Å². The van der Waals surface area contributed by atoms with Gasteiger partial charge < -0.3 is 34.8 Å². The van der Waals surface area contributed by atoms with Crippen molar-refractivity contribution in [3.8, 4) is 0 Å². The van der Waals surface area contributed by atoms with Gasteiger partial charge in [0.25, 0.3) is 0 Å². The number of esters is 2. The van der Waals surface area contributed by atoms with Crippen LogP contribution in [0.1, 0.15) is 30.4 Å². The van der Waals surface area contributed by atoms with Crippen molar-refractivity contribution in [1.29, 1.82) is 0 Å². The van der Waals surface area contributed by atoms with Crippen molar-refractivity contribution >= 4 is 46.7 Å². The number of aryl methyl sites for hydroxylation is 1. The highest BCUT2D eigenvalue weighted by molar-refractivity contribution is 6.33. The fourth-order valence-electron chi connectivity index (χ4n) is 4.36. The maximum atomic E-state index is 13.7. The minimum Gasteiger partial charge on any atom is -0.459 e. The molecule has 1 amide bonds. The predicted octanol–water partition coefficient (Wildman–Crippen LogP) is 3.93. The van der Waals surface area contributed by atoms with Gasteiger partial charge in [0.1, 0.15) is 24.9 Å². The molecule has 1 unspecified atom stereocenters. The van der Waals surface area contributed by atoms with Crippen molar-refractivity contribution in [2.75, 3.05) is 11.9 Å². The Bertz CT molecular complexity index is 1340. The predicted molar refractivity (Wildman–Crippen MR) is 152 cm³/mol. The molecule has 15 heteroatoms. The zero-order chi connectivity index (χ0) is 32.8. The number of anilines is 1. The van der Waals surface area contributed by atoms with Gasteiger partial charge in [0.15, 0.2) is 6.10 Å². The first-order valence-corrected chi connectivity index (χ1v) is 14.0. The standard InChI is InChI=1S/C29H30Cl2F3NO9/c1-3-12-42-27(41)25-23(38)22(37)24(39)28(44-25)43-20(36)11-5-15-4-10-18(31)19(13-15)35-26(40)21(14(2)29(32,33)34)16-6-8-17(30)9-7-16/h3-4,6-10,13-14,21-25,28,37-39H,1,5,11-12H2,2H3,(H,35,40)/t14-,21+,22+,23+,24-,25+,28?/m1/s1. The molecule has 2 aromatic carbocycles. The lowest BCUT2D eigenvalue weighted by Crippen LogP contribution is -2.60. The normalized spacial score (nSPS) is 23.2. The number of ether oxygens (including phenoxy) is 3. The van der Waals surface area contributed by atoms with Gasteiger partial charge >= 0.3 is 18.1 Å². The smallest absolute Gasteiger partial charge is 0.392 e. The Kier molecular flexibility index (Phi) is 12.2. The highest BCUT2D eigenvalue weighted by atomic mass is 35.5. The van der Waals surface area contributed by atoms with Gasteiger partial charge in [-0.25, -0.2) is 4.79 Å². The van der Waals surface area contributed by atoms with Crippen molar-refractivity contribution < 1.29 is 57.1 Å². The highest BCUT2D eigenvalue weighted by Crippen LogP contribution is 2.39. The molecule has 0 spiro atoms. The van der Waals surface area contributed by atoms with E-state index in [1.165, 1.54) is 48.5 Å². The van der Waals surface area contributed by atoms with Crippen molar-refractivity contribution in [3.05, 3.63) is 76.3 Å². The van der Waals surface area contributed by atoms with Gasteiger partial charge in [0.05, 0.1) is 22.5 Å². The quantitative estimate of drug-likeness (QED) is 0.207. The maximum absolute atomic E-state index is 13.7. The van der Waals surface area contributed by atoms with E-state index in [2.05, 4.69) is 11.9 Å². The monoisotopic (exact) mass is 663 g/mol. The Morgan fingerprint density at radius 3 is 2.34 bits per heavy atom. The molecular weight excluding hydrogens is 634 g/mol. The molecule has 240 valence electrons. The van der Waals surface area contributed by atoms with Gasteiger partial charge in [-0.05, 0) is 41.8 Å². The molecule has 1 aliphatic rings. The summed E-state index contributed by atoms with van der Waals surface area (Å²) in [5.41, 5.74) is 0.521. The summed E-state index contributed by atoms with van der Waals surface area (Å²) in [6.45, 7) is 4.04. The molecule has 0 aliphatic carbocycles. The molecule has 1 aliphatic heterocycles. The fourth-order valence-corrected chi connectivity index (χ4v) is 4.65. The van der Waals surface area contributed by atoms with E-state index in [1.54, 1.807) is 0 Å². The summed E-state index contributed by atoms with van der Waals surface area (Å²) in [6, 6.07) is 9.69. The van der Waals surface area contributed by atoms with Gasteiger partial charge in [-0.2, -0.15) is 13.2 Å². The number of alkyl halides is 3. The molecule has 1 fully saturated rings. The largest absolute Gasteiger partial charge is 0.459 e. The van der Waals surface area contributed by atoms with Crippen molar-refractivity contribution in [2.24, 2.45) is 5.92 Å². The summed E-state index contributed by atoms with van der Waals surface area (Å²) >= 11 is 12.1. The number of aliphatic hydroxyl groups is 3. The lowest BCUT2D eigenvalue weighted by molar-refractivity contribution is -0.287. The van der Waals surface area contributed by atoms with E-state index < -0.39 is 66.6 Å². The molecular formula is C29H30Cl2F3NO9. The van der Waals surface area contributed by atoms with E-state index >= 15 is 0 Å². The highest BCUT2D eigenvalue weighted by Gasteiger charge is 2.49. The second kappa shape index (κ2) is 15.2. The molecule has 1 saturated heterocycles. The van der Waals surface area contributed by atoms with Gasteiger partial charge in [-0.1, -0.05) is 61.0 Å². The number of halogens is 5. The summed E-state index contributed by atoms with van der Waals surface area (Å²) in [4.78, 5) is 37.8. The minimum absolute atomic E-state index is 0.0000959. The first kappa shape index (κ1) is 35.3. The summed E-state index contributed by atoms with van der Waals surface area (Å²) in [5, 5.41) is 33.1. The Morgan fingerprint density at radius 2 is 1.73 bits per heavy atom. The van der Waals surface area contributed by atoms with E-state index in [4.69, 9.17) is 37.4 Å². The number of carbonyl (C=O) groups is 3. The number of benzene rings is 2. The summed E-state index contributed by atoms with van der Waals surface area (Å²) in [5.74, 6) is -6.67. The molecule has 44 heavy (non-hydrogen) atoms. The Hall–Kier alpha value is -3.20. The second-order valence-electron chi connectivity index (χ2n) is 9.97. The Balaban J connectivity index is 1.69. The summed E-state index contributed by atoms with van der Waals surface area (Å²) in [7, 11) is 0. The number of aliphatic hydroxyl groups excluding tert-OH is 3. The van der Waals surface area contributed by atoms with Gasteiger partial charge in [0, 0.05) is 11.4 Å². The van der Waals surface area contributed by atoms with Crippen LogP contribution >= 0.6 is 23.2 Å². The molecule has 10 nitrogen and oxygen atoms in total. The first-order valence-electron chi connectivity index (χ1n) is 13.2. The lowest BCUT2D eigenvalue weighted by atomic mass is 9.86. The van der Waals surface area contributed by atoms with E-state index in [-0.39, 0.29) is 40.7 Å². The SMILES string of the molecule is C=CCOC(=O)[C@H]1OC(OC(=O)CCc2ccc(Cl)c(NC(=O)[C@H](c3ccc(Cl)cc3)[C@@H](C)C(F)(F)F)c2)[C@H](O)[C@@H](O)[C@@H]1O. The van der Waals surface area contributed by atoms with Crippen LogP contribution in [0.15, 0.2) is 55.1 Å². The number of nitrogens with one attached hydrogen (secondary N) is 1. The van der Waals surface area contributed by atoms with Crippen molar-refractivity contribution in [2.45, 2.75) is 62.6 Å². The maximum Gasteiger partial charge on any atom is 0.392 e. The van der Waals surface area contributed by atoms with Crippen LogP contribution in [0, 0.1) is 5.92 Å². The molecule has 0 saturated carbocycles. The number of amides is 1. The summed E-state index contributed by atoms with van der Waals surface area (Å²) < 4.78 is 56.1. The third kappa shape index (κ3) is 8.93. The van der Waals surface area contributed by atoms with Crippen LogP contribution in [-0.4, -0.2) is 76.7 Å². The molecule has 7 atom stereocenters. The zero-order valence-electron chi connectivity index (χ0n) is 23.2. The molecule has 1 heterocycles. The molecule has 2 aromatic rings. The second-order valence-corrected chi connectivity index (χ2v) is 10.8. The van der Waals surface area contributed by atoms with Crippen LogP contribution in [-0.2, 0) is 35.0 Å². The first-order chi connectivity index (χ1) is 20.6. The Labute approximate surface area is 260 Å². The number of hydrogen-bond acceptors (Lipinski definition) is 9. The third-order valence-electron chi connectivity index (χ3n) is 6.83. The molecule has 3 rings (SSSR count). The van der Waals surface area contributed by atoms with Gasteiger partial charge in [-0.15, -0.1) is 0 Å². The Morgan fingerprint density at radius 1 is 1.07 bits per heavy atom. The van der Waals surface area contributed by atoms with Gasteiger partial charge in [0.2, 0.25) is 12.2 Å². The number of carbonyl (C=O) groups excluding carboxylic acids is 3. The van der Waals surface area contributed by atoms with E-state index in [1.807, 2.05) is 0 Å². The number of rotatable bonds is 11. The molecule has 0 bridgehead atoms. The molecule has 0 aromatic heterocycles. The van der Waals surface area contributed by atoms with E-state index in [0.29, 0.717) is 5.56 Å². The fraction of sp³-hybridized carbons (Fsp3) is 0.414. The number of hydrogen-bond donors (Lipinski definition) is 4. The van der Waals surface area contributed by atoms with Crippen LogP contribution in [0.25, 0.3) is 0 Å². The van der Waals surface area contributed by atoms with E-state index in [9.17, 15) is 42.9 Å². The summed E-state index contributed by atoms with van der Waals surface area (Å²) in [6.07, 6.45) is -13.0. The molecule has 4 N–H and O–H groups in total. The molecule has 0 radical (unpaired) electrons. The zero-order valence-corrected chi connectivity index (χ0v) is 24.7. The van der Waals surface area contributed by atoms with Crippen LogP contribution in [0.3, 0.4) is 0 Å². The topological polar surface area (TPSA) is 152 Å². The van der Waals surface area contributed by atoms with Crippen LogP contribution in [0.2, 0.25) is 10.0 Å². The van der Waals surface area contributed by atoms with Crippen molar-refractivity contribution in [3.63, 3.8) is 0 Å². The van der Waals surface area contributed by atoms with Crippen LogP contribution in [0.5, 0.6) is 0 Å². The van der Waals surface area contributed by atoms with Crippen LogP contribution in [0.4, 0.5) is 18.9 Å². The lowest BCUT2D eigenvalue weighted by Gasteiger charge is -2.38.